The summed E-state index contributed by atoms with van der Waals surface area (Å²) in [5.74, 6) is -9.77. The summed E-state index contributed by atoms with van der Waals surface area (Å²) in [6, 6.07) is 53.2. The van der Waals surface area contributed by atoms with Gasteiger partial charge in [-0.25, -0.2) is 0 Å². The van der Waals surface area contributed by atoms with Gasteiger partial charge in [0.25, 0.3) is 0 Å². The van der Waals surface area contributed by atoms with Crippen LogP contribution < -0.4 is 33.7 Å². The van der Waals surface area contributed by atoms with Crippen molar-refractivity contribution in [2.75, 3.05) is 33.8 Å². The average molecular weight is 1100 g/mol. The fraction of sp³-hybridized carbons (Fsp3) is 0.194. The lowest BCUT2D eigenvalue weighted by Crippen LogP contribution is -2.52. The van der Waals surface area contributed by atoms with Gasteiger partial charge >= 0.3 is 23.9 Å². The number of carboxylic acids is 2. The maximum absolute atomic E-state index is 15.1. The molecule has 11 rings (SSSR count). The standard InChI is InChI=1S/C67H54N2O13/c1-77-51-17-8-5-14-46(51)56-60(64(71)72)57(47-15-6-9-18-52(47)78-2)62(56)67(76)82-45-30-42(37-22-20-36(35-68)21-23-37)28-43(31-45)40-26-27-49(54(33-40)80-4)59-61(65(73)74)58(48-16-7-10-19-53(48)79-3)63(59)66(75)81-44-13-11-12-38(29-44)39-24-25-41-34-55(70)69-50(41)32-39/h5-33,56-63H,34H2,1-4H3,(H,69,70)(H,71,72)(H,73,74)/t56-,57?,58?,59?,60?,61?,62?,63?/m0/s1. The van der Waals surface area contributed by atoms with E-state index in [0.29, 0.717) is 79.4 Å². The molecular weight excluding hydrogens is 1040 g/mol. The number of aliphatic carboxylic acids is 2. The largest absolute Gasteiger partial charge is 0.496 e. The van der Waals surface area contributed by atoms with Crippen LogP contribution in [0.2, 0.25) is 0 Å². The SMILES string of the molecule is COc1ccccc1C1C(C(=O)O)C(c2ccc(-c3cc(OC(=O)C4C(c5ccccc5OC)C(C(=O)O)[C@@H]4c4ccccc4OC)cc(-c4ccc(C#N)cc4)c3)cc2OC)C1C(=O)Oc1cccc(-c2ccc3c(c2)NC(=O)C3)c1. The van der Waals surface area contributed by atoms with Gasteiger partial charge < -0.3 is 44.0 Å². The van der Waals surface area contributed by atoms with Crippen LogP contribution >= 0.6 is 0 Å². The first-order chi connectivity index (χ1) is 39.8. The normalized spacial score (nSPS) is 20.3. The van der Waals surface area contributed by atoms with E-state index in [0.717, 1.165) is 16.7 Å². The second-order valence-corrected chi connectivity index (χ2v) is 20.5. The monoisotopic (exact) mass is 1090 g/mol. The number of amides is 1. The Kier molecular flexibility index (Phi) is 14.8. The van der Waals surface area contributed by atoms with Crippen molar-refractivity contribution in [2.24, 2.45) is 23.7 Å². The van der Waals surface area contributed by atoms with Crippen LogP contribution in [-0.2, 0) is 30.4 Å². The van der Waals surface area contributed by atoms with Gasteiger partial charge in [-0.3, -0.25) is 24.0 Å². The molecule has 2 aliphatic carbocycles. The molecule has 0 saturated heterocycles. The first kappa shape index (κ1) is 53.8. The maximum Gasteiger partial charge on any atom is 0.315 e. The molecule has 7 unspecified atom stereocenters. The number of hydrogen-bond acceptors (Lipinski definition) is 12. The number of nitrogens with one attached hydrogen (secondary N) is 1. The van der Waals surface area contributed by atoms with Crippen LogP contribution in [0.3, 0.4) is 0 Å². The van der Waals surface area contributed by atoms with Gasteiger partial charge in [-0.1, -0.05) is 103 Å². The Morgan fingerprint density at radius 3 is 1.40 bits per heavy atom. The van der Waals surface area contributed by atoms with E-state index in [2.05, 4.69) is 11.4 Å². The molecule has 2 saturated carbocycles. The first-order valence-electron chi connectivity index (χ1n) is 26.5. The van der Waals surface area contributed by atoms with E-state index in [1.165, 1.54) is 28.4 Å². The Morgan fingerprint density at radius 2 is 0.890 bits per heavy atom. The summed E-state index contributed by atoms with van der Waals surface area (Å²) < 4.78 is 36.0. The van der Waals surface area contributed by atoms with E-state index in [1.54, 1.807) is 146 Å². The summed E-state index contributed by atoms with van der Waals surface area (Å²) in [7, 11) is 5.91. The molecule has 0 spiro atoms. The highest BCUT2D eigenvalue weighted by atomic mass is 16.5. The molecular formula is C67H54N2O13. The number of para-hydroxylation sites is 3. The van der Waals surface area contributed by atoms with E-state index in [-0.39, 0.29) is 23.2 Å². The molecule has 8 aromatic rings. The van der Waals surface area contributed by atoms with Crippen LogP contribution in [0.15, 0.2) is 176 Å². The minimum Gasteiger partial charge on any atom is -0.496 e. The molecule has 15 nitrogen and oxygen atoms in total. The lowest BCUT2D eigenvalue weighted by Gasteiger charge is -2.49. The van der Waals surface area contributed by atoms with Crippen LogP contribution in [-0.4, -0.2) is 68.4 Å². The van der Waals surface area contributed by atoms with Crippen molar-refractivity contribution in [2.45, 2.75) is 30.1 Å². The Morgan fingerprint density at radius 1 is 0.451 bits per heavy atom. The smallest absolute Gasteiger partial charge is 0.315 e. The minimum absolute atomic E-state index is 0.0929. The van der Waals surface area contributed by atoms with Crippen LogP contribution in [0.25, 0.3) is 33.4 Å². The van der Waals surface area contributed by atoms with Crippen molar-refractivity contribution >= 4 is 35.5 Å². The fourth-order valence-electron chi connectivity index (χ4n) is 12.5. The van der Waals surface area contributed by atoms with E-state index in [1.807, 2.05) is 30.3 Å². The molecule has 3 N–H and O–H groups in total. The quantitative estimate of drug-likeness (QED) is 0.0571. The molecule has 1 aliphatic heterocycles. The molecule has 410 valence electrons. The minimum atomic E-state index is -1.15. The lowest BCUT2D eigenvalue weighted by molar-refractivity contribution is -0.160. The summed E-state index contributed by atoms with van der Waals surface area (Å²) in [5, 5.41) is 34.5. The molecule has 82 heavy (non-hydrogen) atoms. The molecule has 3 aliphatic rings. The summed E-state index contributed by atoms with van der Waals surface area (Å²) in [4.78, 5) is 69.1. The van der Waals surface area contributed by atoms with Crippen molar-refractivity contribution in [3.8, 4) is 73.9 Å². The van der Waals surface area contributed by atoms with E-state index < -0.39 is 71.2 Å². The van der Waals surface area contributed by atoms with Gasteiger partial charge in [0.15, 0.2) is 0 Å². The maximum atomic E-state index is 15.1. The molecule has 0 radical (unpaired) electrons. The molecule has 15 heteroatoms. The summed E-state index contributed by atoms with van der Waals surface area (Å²) >= 11 is 0. The number of carboxylic acid groups (broad SMARTS) is 2. The number of methoxy groups -OCH3 is 4. The number of carbonyl (C=O) groups is 5. The van der Waals surface area contributed by atoms with Crippen LogP contribution in [0, 0.1) is 35.0 Å². The second kappa shape index (κ2) is 22.5. The predicted molar refractivity (Wildman–Crippen MR) is 303 cm³/mol. The molecule has 1 amide bonds. The van der Waals surface area contributed by atoms with Gasteiger partial charge in [0.1, 0.15) is 34.5 Å². The number of hydrogen-bond donors (Lipinski definition) is 3. The number of esters is 2. The van der Waals surface area contributed by atoms with Crippen molar-refractivity contribution in [3.63, 3.8) is 0 Å². The summed E-state index contributed by atoms with van der Waals surface area (Å²) in [6.07, 6.45) is 0.290. The molecule has 0 bridgehead atoms. The van der Waals surface area contributed by atoms with E-state index in [9.17, 15) is 34.7 Å². The number of benzene rings is 8. The highest BCUT2D eigenvalue weighted by molar-refractivity contribution is 6.00. The van der Waals surface area contributed by atoms with Crippen LogP contribution in [0.1, 0.15) is 57.1 Å². The number of rotatable bonds is 17. The van der Waals surface area contributed by atoms with Gasteiger partial charge in [-0.15, -0.1) is 0 Å². The highest BCUT2D eigenvalue weighted by Crippen LogP contribution is 2.62. The Balaban J connectivity index is 0.975. The Bertz CT molecular complexity index is 3830. The lowest BCUT2D eigenvalue weighted by atomic mass is 9.52. The zero-order chi connectivity index (χ0) is 57.3. The first-order valence-corrected chi connectivity index (χ1v) is 26.5. The molecule has 2 fully saturated rings. The van der Waals surface area contributed by atoms with Crippen LogP contribution in [0.4, 0.5) is 5.69 Å². The summed E-state index contributed by atoms with van der Waals surface area (Å²) in [6.45, 7) is 0. The topological polar surface area (TPSA) is 217 Å². The number of nitriles is 1. The fourth-order valence-corrected chi connectivity index (χ4v) is 12.5. The molecule has 0 aromatic heterocycles. The van der Waals surface area contributed by atoms with Crippen molar-refractivity contribution in [1.82, 2.24) is 0 Å². The van der Waals surface area contributed by atoms with Crippen molar-refractivity contribution in [1.29, 1.82) is 5.26 Å². The van der Waals surface area contributed by atoms with Gasteiger partial charge in [0.05, 0.1) is 70.2 Å². The molecule has 1 heterocycles. The summed E-state index contributed by atoms with van der Waals surface area (Å²) in [5.41, 5.74) is 7.96. The van der Waals surface area contributed by atoms with Gasteiger partial charge in [0.2, 0.25) is 5.91 Å². The third kappa shape index (κ3) is 9.89. The van der Waals surface area contributed by atoms with Gasteiger partial charge in [0, 0.05) is 29.4 Å². The number of nitrogens with zero attached hydrogens (tertiary/aromatic N) is 1. The van der Waals surface area contributed by atoms with E-state index in [4.69, 9.17) is 28.4 Å². The van der Waals surface area contributed by atoms with Crippen molar-refractivity contribution < 1.29 is 62.6 Å². The second-order valence-electron chi connectivity index (χ2n) is 20.5. The third-order valence-corrected chi connectivity index (χ3v) is 16.2. The average Bonchev–Trinajstić information content (AvgIpc) is 1.15. The zero-order valence-corrected chi connectivity index (χ0v) is 44.9. The third-order valence-electron chi connectivity index (χ3n) is 16.2. The number of fused-ring (bicyclic) bond motifs is 1. The van der Waals surface area contributed by atoms with Crippen molar-refractivity contribution in [3.05, 3.63) is 209 Å². The predicted octanol–water partition coefficient (Wildman–Crippen LogP) is 11.7. The number of carbonyl (C=O) groups excluding carboxylic acids is 3. The zero-order valence-electron chi connectivity index (χ0n) is 44.9. The van der Waals surface area contributed by atoms with E-state index >= 15 is 4.79 Å². The van der Waals surface area contributed by atoms with Gasteiger partial charge in [-0.2, -0.15) is 5.26 Å². The molecule has 8 atom stereocenters. The molecule has 8 aromatic carbocycles. The Labute approximate surface area is 472 Å². The Hall–Kier alpha value is -10.2. The van der Waals surface area contributed by atoms with Gasteiger partial charge in [-0.05, 0) is 134 Å². The number of ether oxygens (including phenoxy) is 6. The number of anilines is 1. The highest BCUT2D eigenvalue weighted by Gasteiger charge is 2.62. The van der Waals surface area contributed by atoms with Crippen LogP contribution in [0.5, 0.6) is 34.5 Å².